The van der Waals surface area contributed by atoms with Crippen molar-refractivity contribution in [2.24, 2.45) is 0 Å². The Morgan fingerprint density at radius 1 is 1.56 bits per heavy atom. The molecule has 0 radical (unpaired) electrons. The summed E-state index contributed by atoms with van der Waals surface area (Å²) in [5.74, 6) is 0.511. The second-order valence-corrected chi connectivity index (χ2v) is 4.96. The van der Waals surface area contributed by atoms with Crippen LogP contribution >= 0.6 is 15.9 Å². The van der Waals surface area contributed by atoms with E-state index in [1.54, 1.807) is 6.07 Å². The Kier molecular flexibility index (Phi) is 1.95. The SMILES string of the molecule is [2H]N1CC[C@]2(C1)Oc1cc(Br)ccc1NC2=O. The molecular weight excluding hydrogens is 272 g/mol. The maximum atomic E-state index is 12.1. The first kappa shape index (κ1) is 9.01. The molecule has 0 unspecified atom stereocenters. The summed E-state index contributed by atoms with van der Waals surface area (Å²) >= 11 is 3.37. The third-order valence-corrected chi connectivity index (χ3v) is 3.45. The Morgan fingerprint density at radius 3 is 3.19 bits per heavy atom. The zero-order valence-corrected chi connectivity index (χ0v) is 10.1. The lowest BCUT2D eigenvalue weighted by Crippen LogP contribution is -2.52. The van der Waals surface area contributed by atoms with Crippen LogP contribution in [0.2, 0.25) is 1.41 Å². The monoisotopic (exact) mass is 283 g/mol. The van der Waals surface area contributed by atoms with E-state index in [0.29, 0.717) is 30.9 Å². The summed E-state index contributed by atoms with van der Waals surface area (Å²) in [4.78, 5) is 12.1. The first-order valence-electron chi connectivity index (χ1n) is 5.58. The van der Waals surface area contributed by atoms with Crippen molar-refractivity contribution in [3.05, 3.63) is 22.7 Å². The second kappa shape index (κ2) is 3.46. The molecule has 3 rings (SSSR count). The lowest BCUT2D eigenvalue weighted by Gasteiger charge is -2.33. The molecule has 0 saturated carbocycles. The molecule has 0 bridgehead atoms. The number of rotatable bonds is 0. The number of amides is 1. The number of benzene rings is 1. The summed E-state index contributed by atoms with van der Waals surface area (Å²) in [6, 6.07) is 5.49. The van der Waals surface area contributed by atoms with Crippen LogP contribution in [0.5, 0.6) is 5.75 Å². The minimum atomic E-state index is -0.893. The Morgan fingerprint density at radius 2 is 2.44 bits per heavy atom. The minimum Gasteiger partial charge on any atom is -0.474 e. The van der Waals surface area contributed by atoms with E-state index in [2.05, 4.69) is 21.2 Å². The van der Waals surface area contributed by atoms with Gasteiger partial charge in [-0.1, -0.05) is 15.9 Å². The van der Waals surface area contributed by atoms with Crippen molar-refractivity contribution >= 4 is 27.5 Å². The Bertz CT molecular complexity index is 496. The van der Waals surface area contributed by atoms with Crippen LogP contribution in [0, 0.1) is 0 Å². The Labute approximate surface area is 103 Å². The van der Waals surface area contributed by atoms with E-state index in [4.69, 9.17) is 6.15 Å². The average Bonchev–Trinajstić information content (AvgIpc) is 2.64. The molecule has 2 N–H and O–H groups in total. The number of carbonyl (C=O) groups is 1. The van der Waals surface area contributed by atoms with Gasteiger partial charge < -0.3 is 15.4 Å². The van der Waals surface area contributed by atoms with Gasteiger partial charge >= 0.3 is 0 Å². The molecule has 1 spiro atoms. The van der Waals surface area contributed by atoms with Crippen LogP contribution in [0.15, 0.2) is 22.7 Å². The zero-order valence-electron chi connectivity index (χ0n) is 9.50. The van der Waals surface area contributed by atoms with Crippen LogP contribution in [0.3, 0.4) is 0 Å². The van der Waals surface area contributed by atoms with Crippen LogP contribution in [-0.4, -0.2) is 24.6 Å². The number of fused-ring (bicyclic) bond motifs is 1. The van der Waals surface area contributed by atoms with Crippen molar-refractivity contribution in [2.75, 3.05) is 18.4 Å². The van der Waals surface area contributed by atoms with Crippen molar-refractivity contribution in [1.29, 1.82) is 0 Å². The first-order valence-corrected chi connectivity index (χ1v) is 5.92. The van der Waals surface area contributed by atoms with Crippen molar-refractivity contribution in [3.63, 3.8) is 0 Å². The van der Waals surface area contributed by atoms with Crippen molar-refractivity contribution < 1.29 is 10.9 Å². The van der Waals surface area contributed by atoms with E-state index in [9.17, 15) is 4.79 Å². The normalized spacial score (nSPS) is 29.6. The van der Waals surface area contributed by atoms with E-state index >= 15 is 0 Å². The molecule has 2 heterocycles. The van der Waals surface area contributed by atoms with E-state index < -0.39 is 5.60 Å². The summed E-state index contributed by atoms with van der Waals surface area (Å²) in [5.41, 5.74) is -0.206. The summed E-state index contributed by atoms with van der Waals surface area (Å²) in [6.07, 6.45) is 0.550. The highest BCUT2D eigenvalue weighted by molar-refractivity contribution is 9.10. The van der Waals surface area contributed by atoms with Crippen LogP contribution in [-0.2, 0) is 4.79 Å². The van der Waals surface area contributed by atoms with Crippen molar-refractivity contribution in [2.45, 2.75) is 12.0 Å². The maximum Gasteiger partial charge on any atom is 0.270 e. The average molecular weight is 284 g/mol. The van der Waals surface area contributed by atoms with Crippen LogP contribution in [0.4, 0.5) is 5.69 Å². The van der Waals surface area contributed by atoms with Crippen LogP contribution in [0.1, 0.15) is 6.42 Å². The molecule has 16 heavy (non-hydrogen) atoms. The summed E-state index contributed by atoms with van der Waals surface area (Å²) in [6.45, 7) is 0.863. The van der Waals surface area contributed by atoms with E-state index in [0.717, 1.165) is 4.47 Å². The summed E-state index contributed by atoms with van der Waals surface area (Å²) in [5, 5.41) is 4.21. The molecule has 1 aromatic carbocycles. The molecule has 1 saturated heterocycles. The molecular formula is C11H11BrN2O2. The number of hydrogen-bond donors (Lipinski definition) is 2. The second-order valence-electron chi connectivity index (χ2n) is 4.05. The molecule has 2 aliphatic heterocycles. The molecule has 0 aliphatic carbocycles. The van der Waals surface area contributed by atoms with Gasteiger partial charge in [-0.15, -0.1) is 0 Å². The third kappa shape index (κ3) is 1.43. The highest BCUT2D eigenvalue weighted by Gasteiger charge is 2.46. The number of anilines is 1. The van der Waals surface area contributed by atoms with Gasteiger partial charge in [0.15, 0.2) is 0 Å². The van der Waals surface area contributed by atoms with Gasteiger partial charge in [-0.25, -0.2) is 0 Å². The van der Waals surface area contributed by atoms with Gasteiger partial charge in [0.1, 0.15) is 7.16 Å². The number of carbonyl (C=O) groups excluding carboxylic acids is 1. The zero-order chi connectivity index (χ0) is 12.0. The quantitative estimate of drug-likeness (QED) is 0.759. The molecule has 5 heteroatoms. The Hall–Kier alpha value is -1.07. The number of ether oxygens (including phenoxy) is 1. The van der Waals surface area contributed by atoms with Gasteiger partial charge in [-0.3, -0.25) is 4.79 Å². The Balaban J connectivity index is 1.99. The largest absolute Gasteiger partial charge is 0.474 e. The van der Waals surface area contributed by atoms with Crippen LogP contribution < -0.4 is 15.4 Å². The van der Waals surface area contributed by atoms with Gasteiger partial charge in [0.2, 0.25) is 5.60 Å². The standard InChI is InChI=1S/C11H11BrN2O2/c12-7-1-2-8-9(5-7)16-11(10(15)14-8)3-4-13-6-11/h1-2,5,13H,3-4,6H2,(H,14,15)/t11-/m1/s1/i/hD. The van der Waals surface area contributed by atoms with Crippen molar-refractivity contribution in [1.82, 2.24) is 5.31 Å². The first-order chi connectivity index (χ1) is 8.09. The van der Waals surface area contributed by atoms with Gasteiger partial charge in [0, 0.05) is 17.4 Å². The van der Waals surface area contributed by atoms with Gasteiger partial charge in [0.05, 0.1) is 5.69 Å². The predicted molar refractivity (Wildman–Crippen MR) is 63.6 cm³/mol. The fraction of sp³-hybridized carbons (Fsp3) is 0.364. The summed E-state index contributed by atoms with van der Waals surface area (Å²) in [7, 11) is 0. The number of hydrogen-bond acceptors (Lipinski definition) is 3. The molecule has 1 atom stereocenters. The number of halogens is 1. The molecule has 1 amide bonds. The lowest BCUT2D eigenvalue weighted by atomic mass is 9.99. The highest BCUT2D eigenvalue weighted by Crippen LogP contribution is 2.37. The smallest absolute Gasteiger partial charge is 0.270 e. The molecule has 84 valence electrons. The fourth-order valence-corrected chi connectivity index (χ4v) is 2.38. The van der Waals surface area contributed by atoms with E-state index in [1.165, 1.54) is 5.31 Å². The maximum absolute atomic E-state index is 12.1. The fourth-order valence-electron chi connectivity index (χ4n) is 2.04. The topological polar surface area (TPSA) is 50.4 Å². The lowest BCUT2D eigenvalue weighted by molar-refractivity contribution is -0.130. The molecule has 4 nitrogen and oxygen atoms in total. The van der Waals surface area contributed by atoms with Gasteiger partial charge in [-0.05, 0) is 24.7 Å². The molecule has 1 fully saturated rings. The van der Waals surface area contributed by atoms with Gasteiger partial charge in [-0.2, -0.15) is 0 Å². The molecule has 1 aromatic rings. The highest BCUT2D eigenvalue weighted by atomic mass is 79.9. The number of nitrogens with one attached hydrogen (secondary N) is 2. The van der Waals surface area contributed by atoms with Crippen molar-refractivity contribution in [3.8, 4) is 5.75 Å². The molecule has 2 aliphatic rings. The van der Waals surface area contributed by atoms with E-state index in [1.807, 2.05) is 12.1 Å². The summed E-state index contributed by atoms with van der Waals surface area (Å²) < 4.78 is 14.3. The predicted octanol–water partition coefficient (Wildman–Crippen LogP) is 1.51. The van der Waals surface area contributed by atoms with E-state index in [-0.39, 0.29) is 5.91 Å². The van der Waals surface area contributed by atoms with Gasteiger partial charge in [0.25, 0.3) is 5.91 Å². The molecule has 0 aromatic heterocycles. The van der Waals surface area contributed by atoms with Crippen LogP contribution in [0.25, 0.3) is 0 Å². The minimum absolute atomic E-state index is 0.151. The third-order valence-electron chi connectivity index (χ3n) is 2.95.